The van der Waals surface area contributed by atoms with Crippen LogP contribution in [-0.2, 0) is 18.6 Å². The molecule has 0 saturated heterocycles. The molecule has 0 aliphatic carbocycles. The van der Waals surface area contributed by atoms with Crippen LogP contribution in [0, 0.1) is 5.92 Å². The Morgan fingerprint density at radius 1 is 1.35 bits per heavy atom. The summed E-state index contributed by atoms with van der Waals surface area (Å²) in [5, 5.41) is 15.5. The van der Waals surface area contributed by atoms with E-state index in [1.807, 2.05) is 22.9 Å². The largest absolute Gasteiger partial charge is 0.385 e. The number of aliphatic hydroxyl groups is 1. The molecule has 1 unspecified atom stereocenters. The van der Waals surface area contributed by atoms with Crippen LogP contribution in [0.1, 0.15) is 32.2 Å². The van der Waals surface area contributed by atoms with Crippen LogP contribution in [0.4, 0.5) is 0 Å². The molecular formula is C15H20ClN3O. The van der Waals surface area contributed by atoms with E-state index in [2.05, 4.69) is 23.9 Å². The second-order valence-corrected chi connectivity index (χ2v) is 6.09. The highest BCUT2D eigenvalue weighted by molar-refractivity contribution is 6.31. The van der Waals surface area contributed by atoms with Gasteiger partial charge in [0.25, 0.3) is 0 Å². The first-order chi connectivity index (χ1) is 9.40. The lowest BCUT2D eigenvalue weighted by Crippen LogP contribution is -2.27. The van der Waals surface area contributed by atoms with Crippen molar-refractivity contribution in [3.63, 3.8) is 0 Å². The number of hydrogen-bond donors (Lipinski definition) is 1. The predicted octanol–water partition coefficient (Wildman–Crippen LogP) is 3.04. The van der Waals surface area contributed by atoms with Crippen molar-refractivity contribution in [3.05, 3.63) is 47.0 Å². The van der Waals surface area contributed by atoms with Gasteiger partial charge in [-0.1, -0.05) is 43.6 Å². The lowest BCUT2D eigenvalue weighted by molar-refractivity contribution is 0.0541. The molecule has 0 spiro atoms. The normalized spacial score (nSPS) is 14.5. The maximum atomic E-state index is 10.7. The van der Waals surface area contributed by atoms with Crippen molar-refractivity contribution >= 4 is 11.6 Å². The summed E-state index contributed by atoms with van der Waals surface area (Å²) in [4.78, 5) is 4.26. The highest BCUT2D eigenvalue weighted by Gasteiger charge is 2.28. The van der Waals surface area contributed by atoms with Crippen LogP contribution >= 0.6 is 11.6 Å². The number of rotatable bonds is 5. The van der Waals surface area contributed by atoms with Crippen molar-refractivity contribution in [1.82, 2.24) is 14.8 Å². The van der Waals surface area contributed by atoms with E-state index < -0.39 is 5.60 Å². The maximum Gasteiger partial charge on any atom is 0.138 e. The molecule has 1 aromatic heterocycles. The molecule has 0 bridgehead atoms. The number of nitrogens with zero attached hydrogens (tertiary/aromatic N) is 3. The van der Waals surface area contributed by atoms with Crippen molar-refractivity contribution in [3.8, 4) is 0 Å². The molecular weight excluding hydrogens is 274 g/mol. The molecule has 0 fully saturated rings. The van der Waals surface area contributed by atoms with E-state index in [4.69, 9.17) is 11.6 Å². The van der Waals surface area contributed by atoms with Gasteiger partial charge in [-0.15, -0.1) is 0 Å². The zero-order valence-corrected chi connectivity index (χ0v) is 12.8. The third-order valence-electron chi connectivity index (χ3n) is 3.19. The lowest BCUT2D eigenvalue weighted by Gasteiger charge is -2.24. The number of halogens is 1. The molecule has 2 aromatic rings. The number of benzene rings is 1. The van der Waals surface area contributed by atoms with E-state index in [0.29, 0.717) is 22.9 Å². The van der Waals surface area contributed by atoms with Crippen LogP contribution in [-0.4, -0.2) is 19.9 Å². The van der Waals surface area contributed by atoms with Gasteiger partial charge in [0.15, 0.2) is 0 Å². The third-order valence-corrected chi connectivity index (χ3v) is 3.52. The average Bonchev–Trinajstić information content (AvgIpc) is 2.75. The van der Waals surface area contributed by atoms with E-state index in [0.717, 1.165) is 12.4 Å². The molecule has 0 radical (unpaired) electrons. The van der Waals surface area contributed by atoms with Gasteiger partial charge in [0, 0.05) is 23.6 Å². The minimum Gasteiger partial charge on any atom is -0.385 e. The van der Waals surface area contributed by atoms with E-state index in [9.17, 15) is 5.11 Å². The van der Waals surface area contributed by atoms with Crippen molar-refractivity contribution in [1.29, 1.82) is 0 Å². The maximum absolute atomic E-state index is 10.7. The van der Waals surface area contributed by atoms with Crippen molar-refractivity contribution in [2.24, 2.45) is 5.92 Å². The fraction of sp³-hybridized carbons (Fsp3) is 0.467. The zero-order valence-electron chi connectivity index (χ0n) is 12.0. The standard InChI is InChI=1S/C15H20ClN3O/c1-11(2)9-19-14(17-10-18-19)8-15(3,20)12-6-4-5-7-13(12)16/h4-7,10-11,20H,8-9H2,1-3H3. The van der Waals surface area contributed by atoms with Gasteiger partial charge in [0.1, 0.15) is 12.2 Å². The van der Waals surface area contributed by atoms with Crippen LogP contribution < -0.4 is 0 Å². The molecule has 1 aromatic carbocycles. The van der Waals surface area contributed by atoms with E-state index >= 15 is 0 Å². The van der Waals surface area contributed by atoms with Gasteiger partial charge in [-0.2, -0.15) is 5.10 Å². The Kier molecular flexibility index (Phi) is 4.45. The summed E-state index contributed by atoms with van der Waals surface area (Å²) in [7, 11) is 0. The zero-order chi connectivity index (χ0) is 14.8. The van der Waals surface area contributed by atoms with Crippen molar-refractivity contribution < 1.29 is 5.11 Å². The fourth-order valence-corrected chi connectivity index (χ4v) is 2.56. The molecule has 0 aliphatic rings. The first-order valence-corrected chi connectivity index (χ1v) is 7.12. The van der Waals surface area contributed by atoms with Gasteiger partial charge in [0.2, 0.25) is 0 Å². The number of hydrogen-bond acceptors (Lipinski definition) is 3. The molecule has 108 valence electrons. The Balaban J connectivity index is 2.25. The monoisotopic (exact) mass is 293 g/mol. The summed E-state index contributed by atoms with van der Waals surface area (Å²) in [5.41, 5.74) is -0.360. The highest BCUT2D eigenvalue weighted by atomic mass is 35.5. The van der Waals surface area contributed by atoms with Gasteiger partial charge in [-0.25, -0.2) is 9.67 Å². The molecule has 0 amide bonds. The molecule has 4 nitrogen and oxygen atoms in total. The first kappa shape index (κ1) is 15.0. The van der Waals surface area contributed by atoms with E-state index in [1.54, 1.807) is 13.0 Å². The topological polar surface area (TPSA) is 50.9 Å². The van der Waals surface area contributed by atoms with Crippen LogP contribution in [0.3, 0.4) is 0 Å². The molecule has 20 heavy (non-hydrogen) atoms. The summed E-state index contributed by atoms with van der Waals surface area (Å²) >= 11 is 6.17. The first-order valence-electron chi connectivity index (χ1n) is 6.74. The Labute approximate surface area is 124 Å². The molecule has 1 heterocycles. The number of aromatic nitrogens is 3. The van der Waals surface area contributed by atoms with Gasteiger partial charge in [-0.05, 0) is 18.9 Å². The van der Waals surface area contributed by atoms with E-state index in [-0.39, 0.29) is 0 Å². The van der Waals surface area contributed by atoms with Crippen LogP contribution in [0.15, 0.2) is 30.6 Å². The second-order valence-electron chi connectivity index (χ2n) is 5.68. The predicted molar refractivity (Wildman–Crippen MR) is 79.6 cm³/mol. The van der Waals surface area contributed by atoms with E-state index in [1.165, 1.54) is 6.33 Å². The highest BCUT2D eigenvalue weighted by Crippen LogP contribution is 2.30. The van der Waals surface area contributed by atoms with Gasteiger partial charge in [0.05, 0.1) is 5.60 Å². The SMILES string of the molecule is CC(C)Cn1ncnc1CC(C)(O)c1ccccc1Cl. The van der Waals surface area contributed by atoms with Crippen LogP contribution in [0.2, 0.25) is 5.02 Å². The molecule has 2 rings (SSSR count). The van der Waals surface area contributed by atoms with Crippen molar-refractivity contribution in [2.45, 2.75) is 39.3 Å². The molecule has 1 N–H and O–H groups in total. The van der Waals surface area contributed by atoms with Crippen LogP contribution in [0.25, 0.3) is 0 Å². The quantitative estimate of drug-likeness (QED) is 0.922. The minimum atomic E-state index is -1.07. The molecule has 1 atom stereocenters. The Morgan fingerprint density at radius 3 is 2.70 bits per heavy atom. The average molecular weight is 294 g/mol. The Morgan fingerprint density at radius 2 is 2.05 bits per heavy atom. The molecule has 5 heteroatoms. The summed E-state index contributed by atoms with van der Waals surface area (Å²) < 4.78 is 1.84. The smallest absolute Gasteiger partial charge is 0.138 e. The Bertz CT molecular complexity index is 578. The van der Waals surface area contributed by atoms with Crippen molar-refractivity contribution in [2.75, 3.05) is 0 Å². The summed E-state index contributed by atoms with van der Waals surface area (Å²) in [5.74, 6) is 1.24. The molecule has 0 saturated carbocycles. The van der Waals surface area contributed by atoms with Crippen LogP contribution in [0.5, 0.6) is 0 Å². The summed E-state index contributed by atoms with van der Waals surface area (Å²) in [6.45, 7) is 6.78. The Hall–Kier alpha value is -1.39. The fourth-order valence-electron chi connectivity index (χ4n) is 2.22. The minimum absolute atomic E-state index is 0.378. The summed E-state index contributed by atoms with van der Waals surface area (Å²) in [6.07, 6.45) is 1.91. The van der Waals surface area contributed by atoms with Gasteiger partial charge in [-0.3, -0.25) is 0 Å². The lowest BCUT2D eigenvalue weighted by atomic mass is 9.92. The third kappa shape index (κ3) is 3.38. The molecule has 0 aliphatic heterocycles. The van der Waals surface area contributed by atoms with Gasteiger partial charge >= 0.3 is 0 Å². The summed E-state index contributed by atoms with van der Waals surface area (Å²) in [6, 6.07) is 7.34. The van der Waals surface area contributed by atoms with Gasteiger partial charge < -0.3 is 5.11 Å². The second kappa shape index (κ2) is 5.94.